The van der Waals surface area contributed by atoms with Gasteiger partial charge in [-0.2, -0.15) is 0 Å². The minimum absolute atomic E-state index is 0.0112. The van der Waals surface area contributed by atoms with E-state index in [0.717, 1.165) is 22.4 Å². The minimum atomic E-state index is -0.529. The van der Waals surface area contributed by atoms with Crippen molar-refractivity contribution in [3.8, 4) is 0 Å². The second-order valence-electron chi connectivity index (χ2n) is 7.30. The lowest BCUT2D eigenvalue weighted by molar-refractivity contribution is -0.124. The Morgan fingerprint density at radius 3 is 2.64 bits per heavy atom. The Balaban J connectivity index is 1.57. The molecule has 1 fully saturated rings. The van der Waals surface area contributed by atoms with E-state index in [4.69, 9.17) is 4.74 Å². The molecule has 1 aliphatic heterocycles. The van der Waals surface area contributed by atoms with E-state index >= 15 is 0 Å². The Morgan fingerprint density at radius 1 is 1.21 bits per heavy atom. The molecule has 0 radical (unpaired) electrons. The number of hydrogen-bond acceptors (Lipinski definition) is 6. The number of ether oxygens (including phenoxy) is 1. The second-order valence-corrected chi connectivity index (χ2v) is 8.29. The van der Waals surface area contributed by atoms with Crippen LogP contribution < -0.4 is 5.32 Å². The summed E-state index contributed by atoms with van der Waals surface area (Å²) in [5, 5.41) is 2.20. The number of carbonyl (C=O) groups excluding carboxylic acids is 4. The number of hydrogen-bond donors (Lipinski definition) is 1. The lowest BCUT2D eigenvalue weighted by atomic mass is 10.2. The Bertz CT molecular complexity index is 1140. The molecule has 174 valence electrons. The summed E-state index contributed by atoms with van der Waals surface area (Å²) in [4.78, 5) is 50.3. The second kappa shape index (κ2) is 10.5. The van der Waals surface area contributed by atoms with E-state index < -0.39 is 22.9 Å². The summed E-state index contributed by atoms with van der Waals surface area (Å²) in [6, 6.07) is 7.63. The highest BCUT2D eigenvalue weighted by Gasteiger charge is 2.34. The third-order valence-corrected chi connectivity index (χ3v) is 6.00. The maximum absolute atomic E-state index is 13.8. The van der Waals surface area contributed by atoms with Crippen molar-refractivity contribution in [3.63, 3.8) is 0 Å². The van der Waals surface area contributed by atoms with Crippen LogP contribution in [0.2, 0.25) is 0 Å². The van der Waals surface area contributed by atoms with Crippen LogP contribution in [0.1, 0.15) is 34.2 Å². The number of aromatic nitrogens is 1. The van der Waals surface area contributed by atoms with Crippen LogP contribution in [-0.2, 0) is 20.9 Å². The van der Waals surface area contributed by atoms with Gasteiger partial charge in [-0.1, -0.05) is 18.2 Å². The predicted octanol–water partition coefficient (Wildman–Crippen LogP) is 3.27. The molecule has 10 heteroatoms. The van der Waals surface area contributed by atoms with Crippen LogP contribution in [0.25, 0.3) is 6.08 Å². The van der Waals surface area contributed by atoms with Crippen LogP contribution in [-0.4, -0.2) is 52.2 Å². The van der Waals surface area contributed by atoms with Gasteiger partial charge in [0.1, 0.15) is 12.4 Å². The van der Waals surface area contributed by atoms with Crippen LogP contribution >= 0.6 is 11.8 Å². The van der Waals surface area contributed by atoms with E-state index in [-0.39, 0.29) is 42.6 Å². The van der Waals surface area contributed by atoms with E-state index in [1.54, 1.807) is 37.5 Å². The van der Waals surface area contributed by atoms with E-state index in [1.807, 2.05) is 0 Å². The molecular weight excluding hydrogens is 449 g/mol. The Morgan fingerprint density at radius 2 is 1.94 bits per heavy atom. The van der Waals surface area contributed by atoms with Gasteiger partial charge in [0.05, 0.1) is 17.1 Å². The standard InChI is InChI=1S/C23H24FN3O5S/c1-4-32-22(30)17-11-14(2)27(15(17)3)13-20(28)25-9-10-26-21(29)19(33-23(26)31)12-16-7-5-6-8-18(16)24/h5-8,11-12H,4,9-10,13H2,1-3H3,(H,25,28)/b19-12-. The summed E-state index contributed by atoms with van der Waals surface area (Å²) < 4.78 is 20.6. The van der Waals surface area contributed by atoms with Gasteiger partial charge >= 0.3 is 5.97 Å². The average molecular weight is 474 g/mol. The quantitative estimate of drug-likeness (QED) is 0.467. The zero-order valence-corrected chi connectivity index (χ0v) is 19.3. The summed E-state index contributed by atoms with van der Waals surface area (Å²) in [5.41, 5.74) is 1.97. The number of amides is 3. The van der Waals surface area contributed by atoms with Gasteiger partial charge in [0.2, 0.25) is 5.91 Å². The van der Waals surface area contributed by atoms with E-state index in [2.05, 4.69) is 5.32 Å². The van der Waals surface area contributed by atoms with Gasteiger partial charge in [-0.05, 0) is 50.7 Å². The largest absolute Gasteiger partial charge is 0.462 e. The van der Waals surface area contributed by atoms with Crippen molar-refractivity contribution in [1.29, 1.82) is 0 Å². The highest BCUT2D eigenvalue weighted by atomic mass is 32.2. The summed E-state index contributed by atoms with van der Waals surface area (Å²) in [6.07, 6.45) is 1.34. The van der Waals surface area contributed by atoms with E-state index in [0.29, 0.717) is 11.3 Å². The van der Waals surface area contributed by atoms with Crippen LogP contribution in [0.5, 0.6) is 0 Å². The molecule has 0 saturated carbocycles. The monoisotopic (exact) mass is 473 g/mol. The van der Waals surface area contributed by atoms with Crippen molar-refractivity contribution in [2.24, 2.45) is 0 Å². The maximum atomic E-state index is 13.8. The van der Waals surface area contributed by atoms with Gasteiger partial charge in [-0.15, -0.1) is 0 Å². The third kappa shape index (κ3) is 5.51. The van der Waals surface area contributed by atoms with E-state index in [9.17, 15) is 23.6 Å². The number of rotatable bonds is 8. The molecule has 1 aliphatic rings. The van der Waals surface area contributed by atoms with Crippen molar-refractivity contribution in [3.05, 3.63) is 63.6 Å². The first-order valence-corrected chi connectivity index (χ1v) is 11.1. The van der Waals surface area contributed by atoms with Gasteiger partial charge in [-0.3, -0.25) is 19.3 Å². The molecule has 0 spiro atoms. The van der Waals surface area contributed by atoms with Crippen molar-refractivity contribution >= 4 is 40.9 Å². The Labute approximate surface area is 194 Å². The normalized spacial score (nSPS) is 14.8. The molecular formula is C23H24FN3O5S. The summed E-state index contributed by atoms with van der Waals surface area (Å²) in [6.45, 7) is 5.52. The van der Waals surface area contributed by atoms with Crippen molar-refractivity contribution in [2.75, 3.05) is 19.7 Å². The average Bonchev–Trinajstić information content (AvgIpc) is 3.20. The molecule has 1 aromatic carbocycles. The molecule has 0 atom stereocenters. The molecule has 2 aromatic rings. The number of thioether (sulfide) groups is 1. The predicted molar refractivity (Wildman–Crippen MR) is 122 cm³/mol. The lowest BCUT2D eigenvalue weighted by Crippen LogP contribution is -2.38. The summed E-state index contributed by atoms with van der Waals surface area (Å²) >= 11 is 0.731. The molecule has 1 aromatic heterocycles. The number of carbonyl (C=O) groups is 4. The lowest BCUT2D eigenvalue weighted by Gasteiger charge is -2.14. The maximum Gasteiger partial charge on any atom is 0.339 e. The molecule has 8 nitrogen and oxygen atoms in total. The molecule has 3 amide bonds. The van der Waals surface area contributed by atoms with Gasteiger partial charge < -0.3 is 14.6 Å². The topological polar surface area (TPSA) is 97.7 Å². The van der Waals surface area contributed by atoms with Crippen molar-refractivity contribution < 1.29 is 28.3 Å². The fourth-order valence-corrected chi connectivity index (χ4v) is 4.25. The SMILES string of the molecule is CCOC(=O)c1cc(C)n(CC(=O)NCCN2C(=O)S/C(=C\c3ccccc3F)C2=O)c1C. The molecule has 0 bridgehead atoms. The molecule has 2 heterocycles. The first-order valence-electron chi connectivity index (χ1n) is 10.3. The first kappa shape index (κ1) is 24.2. The Hall–Kier alpha value is -3.40. The van der Waals surface area contributed by atoms with Gasteiger partial charge in [0.25, 0.3) is 11.1 Å². The smallest absolute Gasteiger partial charge is 0.339 e. The van der Waals surface area contributed by atoms with Gasteiger partial charge in [0.15, 0.2) is 0 Å². The van der Waals surface area contributed by atoms with Gasteiger partial charge in [-0.25, -0.2) is 9.18 Å². The number of nitrogens with zero attached hydrogens (tertiary/aromatic N) is 2. The third-order valence-electron chi connectivity index (χ3n) is 5.09. The summed E-state index contributed by atoms with van der Waals surface area (Å²) in [7, 11) is 0. The van der Waals surface area contributed by atoms with Gasteiger partial charge in [0, 0.05) is 30.0 Å². The van der Waals surface area contributed by atoms with Crippen molar-refractivity contribution in [1.82, 2.24) is 14.8 Å². The van der Waals surface area contributed by atoms with Crippen LogP contribution in [0.15, 0.2) is 35.2 Å². The van der Waals surface area contributed by atoms with Crippen molar-refractivity contribution in [2.45, 2.75) is 27.3 Å². The molecule has 1 N–H and O–H groups in total. The fourth-order valence-electron chi connectivity index (χ4n) is 3.39. The number of nitrogens with one attached hydrogen (secondary N) is 1. The zero-order chi connectivity index (χ0) is 24.1. The molecule has 33 heavy (non-hydrogen) atoms. The number of esters is 1. The highest BCUT2D eigenvalue weighted by Crippen LogP contribution is 2.32. The number of halogens is 1. The van der Waals surface area contributed by atoms with E-state index in [1.165, 1.54) is 24.3 Å². The molecule has 0 aliphatic carbocycles. The Kier molecular flexibility index (Phi) is 7.70. The number of aryl methyl sites for hydroxylation is 1. The minimum Gasteiger partial charge on any atom is -0.462 e. The van der Waals surface area contributed by atoms with Crippen LogP contribution in [0.4, 0.5) is 9.18 Å². The van der Waals surface area contributed by atoms with Crippen LogP contribution in [0, 0.1) is 19.7 Å². The number of imide groups is 1. The number of benzene rings is 1. The summed E-state index contributed by atoms with van der Waals surface area (Å²) in [5.74, 6) is -1.79. The first-order chi connectivity index (χ1) is 15.7. The molecule has 3 rings (SSSR count). The van der Waals surface area contributed by atoms with Crippen LogP contribution in [0.3, 0.4) is 0 Å². The fraction of sp³-hybridized carbons (Fsp3) is 0.304. The zero-order valence-electron chi connectivity index (χ0n) is 18.5. The highest BCUT2D eigenvalue weighted by molar-refractivity contribution is 8.18. The molecule has 1 saturated heterocycles. The molecule has 0 unspecified atom stereocenters.